The van der Waals surface area contributed by atoms with Crippen molar-refractivity contribution in [3.8, 4) is 5.75 Å². The first-order valence-corrected chi connectivity index (χ1v) is 8.45. The Morgan fingerprint density at radius 1 is 1.21 bits per heavy atom. The molecule has 4 heteroatoms. The maximum Gasteiger partial charge on any atom is 0.248 e. The van der Waals surface area contributed by atoms with Crippen molar-refractivity contribution < 1.29 is 9.53 Å². The van der Waals surface area contributed by atoms with Gasteiger partial charge in [0.15, 0.2) is 0 Å². The van der Waals surface area contributed by atoms with Crippen LogP contribution in [0, 0.1) is 6.92 Å². The van der Waals surface area contributed by atoms with Crippen LogP contribution < -0.4 is 10.1 Å². The van der Waals surface area contributed by atoms with Gasteiger partial charge in [0.2, 0.25) is 5.91 Å². The van der Waals surface area contributed by atoms with Crippen LogP contribution in [0.4, 0.5) is 5.69 Å². The molecule has 0 aliphatic rings. The van der Waals surface area contributed by atoms with E-state index in [1.165, 1.54) is 6.08 Å². The number of hydrogen-bond donors (Lipinski definition) is 1. The van der Waals surface area contributed by atoms with E-state index >= 15 is 0 Å². The third-order valence-electron chi connectivity index (χ3n) is 3.60. The van der Waals surface area contributed by atoms with Gasteiger partial charge in [0.1, 0.15) is 5.75 Å². The molecule has 0 spiro atoms. The second-order valence-electron chi connectivity index (χ2n) is 5.51. The summed E-state index contributed by atoms with van der Waals surface area (Å²) in [5.41, 5.74) is 2.52. The molecule has 0 saturated heterocycles. The largest absolute Gasteiger partial charge is 0.494 e. The van der Waals surface area contributed by atoms with Gasteiger partial charge >= 0.3 is 0 Å². The van der Waals surface area contributed by atoms with Gasteiger partial charge < -0.3 is 10.1 Å². The number of anilines is 1. The number of carbonyl (C=O) groups is 1. The molecule has 0 bridgehead atoms. The highest BCUT2D eigenvalue weighted by molar-refractivity contribution is 6.31. The predicted octanol–water partition coefficient (Wildman–Crippen LogP) is 5.48. The Kier molecular flexibility index (Phi) is 6.89. The van der Waals surface area contributed by atoms with E-state index in [0.29, 0.717) is 5.02 Å². The first kappa shape index (κ1) is 18.1. The monoisotopic (exact) mass is 343 g/mol. The molecule has 0 aliphatic carbocycles. The fourth-order valence-corrected chi connectivity index (χ4v) is 2.27. The molecule has 0 unspecified atom stereocenters. The maximum atomic E-state index is 12.0. The van der Waals surface area contributed by atoms with Crippen molar-refractivity contribution in [2.75, 3.05) is 11.9 Å². The van der Waals surface area contributed by atoms with Crippen molar-refractivity contribution in [2.45, 2.75) is 26.7 Å². The number of carbonyl (C=O) groups excluding carboxylic acids is 1. The average molecular weight is 344 g/mol. The van der Waals surface area contributed by atoms with Crippen LogP contribution in [0.2, 0.25) is 5.02 Å². The van der Waals surface area contributed by atoms with Crippen LogP contribution in [0.3, 0.4) is 0 Å². The molecule has 1 amide bonds. The van der Waals surface area contributed by atoms with E-state index in [1.807, 2.05) is 43.3 Å². The SMILES string of the molecule is CCCCOc1ccc(/C=C/C(=O)Nc2cccc(Cl)c2C)cc1. The molecule has 0 radical (unpaired) electrons. The van der Waals surface area contributed by atoms with Crippen LogP contribution in [0.5, 0.6) is 5.75 Å². The minimum Gasteiger partial charge on any atom is -0.494 e. The number of nitrogens with one attached hydrogen (secondary N) is 1. The Morgan fingerprint density at radius 3 is 2.67 bits per heavy atom. The van der Waals surface area contributed by atoms with Crippen molar-refractivity contribution in [1.29, 1.82) is 0 Å². The van der Waals surface area contributed by atoms with E-state index in [-0.39, 0.29) is 5.91 Å². The molecular formula is C20H22ClNO2. The number of hydrogen-bond acceptors (Lipinski definition) is 2. The average Bonchev–Trinajstić information content (AvgIpc) is 2.58. The third-order valence-corrected chi connectivity index (χ3v) is 4.01. The van der Waals surface area contributed by atoms with E-state index in [2.05, 4.69) is 12.2 Å². The number of ether oxygens (including phenoxy) is 1. The second kappa shape index (κ2) is 9.14. The minimum atomic E-state index is -0.191. The fourth-order valence-electron chi connectivity index (χ4n) is 2.10. The lowest BCUT2D eigenvalue weighted by molar-refractivity contribution is -0.111. The first-order chi connectivity index (χ1) is 11.6. The van der Waals surface area contributed by atoms with Crippen LogP contribution in [0.1, 0.15) is 30.9 Å². The van der Waals surface area contributed by atoms with Gasteiger partial charge in [0.25, 0.3) is 0 Å². The lowest BCUT2D eigenvalue weighted by Crippen LogP contribution is -2.08. The Labute approximate surface area is 148 Å². The number of benzene rings is 2. The molecule has 0 fully saturated rings. The molecule has 3 nitrogen and oxygen atoms in total. The Hall–Kier alpha value is -2.26. The van der Waals surface area contributed by atoms with Gasteiger partial charge in [-0.3, -0.25) is 4.79 Å². The van der Waals surface area contributed by atoms with Gasteiger partial charge in [-0.25, -0.2) is 0 Å². The predicted molar refractivity (Wildman–Crippen MR) is 101 cm³/mol. The summed E-state index contributed by atoms with van der Waals surface area (Å²) in [5, 5.41) is 3.47. The zero-order valence-corrected chi connectivity index (χ0v) is 14.8. The van der Waals surface area contributed by atoms with Crippen molar-refractivity contribution >= 4 is 29.3 Å². The summed E-state index contributed by atoms with van der Waals surface area (Å²) >= 11 is 6.05. The smallest absolute Gasteiger partial charge is 0.248 e. The molecular weight excluding hydrogens is 322 g/mol. The summed E-state index contributed by atoms with van der Waals surface area (Å²) in [5.74, 6) is 0.656. The fraction of sp³-hybridized carbons (Fsp3) is 0.250. The quantitative estimate of drug-likeness (QED) is 0.534. The van der Waals surface area contributed by atoms with E-state index in [4.69, 9.17) is 16.3 Å². The normalized spacial score (nSPS) is 10.8. The van der Waals surface area contributed by atoms with Crippen molar-refractivity contribution in [3.63, 3.8) is 0 Å². The third kappa shape index (κ3) is 5.43. The van der Waals surface area contributed by atoms with E-state index in [1.54, 1.807) is 12.1 Å². The number of halogens is 1. The summed E-state index contributed by atoms with van der Waals surface area (Å²) in [6.07, 6.45) is 5.44. The highest BCUT2D eigenvalue weighted by Crippen LogP contribution is 2.23. The molecule has 0 aliphatic heterocycles. The summed E-state index contributed by atoms with van der Waals surface area (Å²) in [6, 6.07) is 13.1. The van der Waals surface area contributed by atoms with Crippen molar-refractivity contribution in [3.05, 3.63) is 64.7 Å². The topological polar surface area (TPSA) is 38.3 Å². The standard InChI is InChI=1S/C20H22ClNO2/c1-3-4-14-24-17-11-8-16(9-12-17)10-13-20(23)22-19-7-5-6-18(21)15(19)2/h5-13H,3-4,14H2,1-2H3,(H,22,23)/b13-10+. The van der Waals surface area contributed by atoms with Crippen LogP contribution in [-0.4, -0.2) is 12.5 Å². The molecule has 2 aromatic carbocycles. The van der Waals surface area contributed by atoms with E-state index in [9.17, 15) is 4.79 Å². The highest BCUT2D eigenvalue weighted by atomic mass is 35.5. The van der Waals surface area contributed by atoms with Crippen molar-refractivity contribution in [1.82, 2.24) is 0 Å². The van der Waals surface area contributed by atoms with Gasteiger partial charge in [-0.15, -0.1) is 0 Å². The van der Waals surface area contributed by atoms with E-state index in [0.717, 1.165) is 42.0 Å². The lowest BCUT2D eigenvalue weighted by Gasteiger charge is -2.07. The molecule has 0 aromatic heterocycles. The lowest BCUT2D eigenvalue weighted by atomic mass is 10.2. The molecule has 2 rings (SSSR count). The van der Waals surface area contributed by atoms with Crippen molar-refractivity contribution in [2.24, 2.45) is 0 Å². The summed E-state index contributed by atoms with van der Waals surface area (Å²) in [4.78, 5) is 12.0. The van der Waals surface area contributed by atoms with Crippen LogP contribution >= 0.6 is 11.6 Å². The molecule has 0 heterocycles. The summed E-state index contributed by atoms with van der Waals surface area (Å²) in [6.45, 7) is 4.74. The summed E-state index contributed by atoms with van der Waals surface area (Å²) < 4.78 is 5.61. The molecule has 1 N–H and O–H groups in total. The summed E-state index contributed by atoms with van der Waals surface area (Å²) in [7, 11) is 0. The molecule has 0 atom stereocenters. The van der Waals surface area contributed by atoms with Crippen LogP contribution in [0.25, 0.3) is 6.08 Å². The van der Waals surface area contributed by atoms with Gasteiger partial charge in [0, 0.05) is 16.8 Å². The Balaban J connectivity index is 1.92. The minimum absolute atomic E-state index is 0.191. The molecule has 2 aromatic rings. The van der Waals surface area contributed by atoms with Crippen LogP contribution in [-0.2, 0) is 4.79 Å². The number of unbranched alkanes of at least 4 members (excludes halogenated alkanes) is 1. The first-order valence-electron chi connectivity index (χ1n) is 8.07. The Morgan fingerprint density at radius 2 is 1.96 bits per heavy atom. The number of rotatable bonds is 7. The van der Waals surface area contributed by atoms with Gasteiger partial charge in [0.05, 0.1) is 6.61 Å². The zero-order valence-electron chi connectivity index (χ0n) is 14.0. The maximum absolute atomic E-state index is 12.0. The van der Waals surface area contributed by atoms with E-state index < -0.39 is 0 Å². The van der Waals surface area contributed by atoms with Crippen LogP contribution in [0.15, 0.2) is 48.5 Å². The molecule has 24 heavy (non-hydrogen) atoms. The van der Waals surface area contributed by atoms with Gasteiger partial charge in [-0.1, -0.05) is 43.1 Å². The zero-order chi connectivity index (χ0) is 17.4. The highest BCUT2D eigenvalue weighted by Gasteiger charge is 2.04. The molecule has 0 saturated carbocycles. The second-order valence-corrected chi connectivity index (χ2v) is 5.91. The molecule has 126 valence electrons. The number of amides is 1. The van der Waals surface area contributed by atoms with Gasteiger partial charge in [-0.05, 0) is 54.8 Å². The Bertz CT molecular complexity index is 708. The van der Waals surface area contributed by atoms with Gasteiger partial charge in [-0.2, -0.15) is 0 Å².